The second-order valence-corrected chi connectivity index (χ2v) is 14.8. The Hall–Kier alpha value is -4.30. The molecule has 2 rings (SSSR count). The number of hydrogen-bond donors (Lipinski definition) is 1. The number of ether oxygens (including phenoxy) is 1. The Bertz CT molecular complexity index is 1600. The molecule has 0 heterocycles. The number of aryl methyl sites for hydroxylation is 2. The maximum Gasteiger partial charge on any atom is 0.303 e. The van der Waals surface area contributed by atoms with Gasteiger partial charge in [0.15, 0.2) is 12.1 Å². The maximum atomic E-state index is 13.3. The summed E-state index contributed by atoms with van der Waals surface area (Å²) in [4.78, 5) is 32.7. The van der Waals surface area contributed by atoms with Crippen LogP contribution in [0.1, 0.15) is 220 Å². The van der Waals surface area contributed by atoms with E-state index < -0.39 is 18.2 Å². The van der Waals surface area contributed by atoms with Gasteiger partial charge in [0.05, 0.1) is 5.56 Å². The second kappa shape index (κ2) is 53.3. The molecule has 380 valence electrons. The Morgan fingerprint density at radius 3 is 1.74 bits per heavy atom. The average Bonchev–Trinajstić information content (AvgIpc) is 3.30. The molecule has 0 aliphatic heterocycles. The standard InChI is InChI=1S/C26H36O.C11H13FO.C8H18O.C4H8.C3H6O2.C2H4F2.2C2H6/c1-7-12-20(4)16-17-26(22(6)13-8-2)24(19-27)18-23-14-10-11-15-25(23)21(5)9-3;1-4-10(13)11-8(3)5-7(2)6-9(11)12;1-3-5-6-8-9-7-4-2;1-3-4-2;1-2-3(4)5;1-2(3)4;2*1-2/h10-11,13-19,21H,7-9,12H2,1-6H3;5-6H,4H2,1-3H3;3-8H2,1-2H3;3-4H,1-2H3;2H2,1H3,(H,4,5);2H,1H3;2*1-2H3/b20-16-,22-13-,24-18+,26-17+;;;4-3-;;;;. The maximum absolute atomic E-state index is 13.3. The van der Waals surface area contributed by atoms with Gasteiger partial charge < -0.3 is 9.84 Å². The van der Waals surface area contributed by atoms with E-state index in [1.807, 2.05) is 72.8 Å². The van der Waals surface area contributed by atoms with Crippen molar-refractivity contribution in [1.29, 1.82) is 0 Å². The molecule has 0 radical (unpaired) electrons. The van der Waals surface area contributed by atoms with Crippen molar-refractivity contribution >= 4 is 24.1 Å². The van der Waals surface area contributed by atoms with E-state index in [9.17, 15) is 27.6 Å². The van der Waals surface area contributed by atoms with E-state index in [2.05, 4.69) is 97.9 Å². The number of unbranched alkanes of at least 4 members (excludes halogenated alkanes) is 2. The summed E-state index contributed by atoms with van der Waals surface area (Å²) < 4.78 is 39.3. The molecule has 0 aliphatic carbocycles. The third-order valence-electron chi connectivity index (χ3n) is 8.91. The smallest absolute Gasteiger partial charge is 0.303 e. The van der Waals surface area contributed by atoms with E-state index in [4.69, 9.17) is 9.84 Å². The van der Waals surface area contributed by atoms with Crippen molar-refractivity contribution in [3.8, 4) is 0 Å². The van der Waals surface area contributed by atoms with Gasteiger partial charge in [0.1, 0.15) is 5.82 Å². The summed E-state index contributed by atoms with van der Waals surface area (Å²) in [7, 11) is 0. The van der Waals surface area contributed by atoms with Gasteiger partial charge in [-0.05, 0) is 132 Å². The molecule has 1 unspecified atom stereocenters. The first-order valence-electron chi connectivity index (χ1n) is 24.6. The van der Waals surface area contributed by atoms with Crippen LogP contribution in [0.4, 0.5) is 13.2 Å². The highest BCUT2D eigenvalue weighted by Crippen LogP contribution is 2.28. The van der Waals surface area contributed by atoms with Gasteiger partial charge in [0.25, 0.3) is 0 Å². The second-order valence-electron chi connectivity index (χ2n) is 14.8. The summed E-state index contributed by atoms with van der Waals surface area (Å²) >= 11 is 0. The van der Waals surface area contributed by atoms with Crippen molar-refractivity contribution in [2.24, 2.45) is 0 Å². The molecule has 0 fully saturated rings. The molecule has 0 amide bonds. The lowest BCUT2D eigenvalue weighted by Gasteiger charge is -2.14. The van der Waals surface area contributed by atoms with E-state index in [0.29, 0.717) is 12.3 Å². The third kappa shape index (κ3) is 43.6. The van der Waals surface area contributed by atoms with Crippen LogP contribution in [0.3, 0.4) is 0 Å². The first-order valence-corrected chi connectivity index (χ1v) is 24.6. The van der Waals surface area contributed by atoms with Crippen LogP contribution in [0.2, 0.25) is 0 Å². The van der Waals surface area contributed by atoms with Crippen LogP contribution in [0, 0.1) is 19.7 Å². The highest BCUT2D eigenvalue weighted by atomic mass is 19.3. The highest BCUT2D eigenvalue weighted by molar-refractivity contribution is 5.97. The predicted molar refractivity (Wildman–Crippen MR) is 284 cm³/mol. The predicted octanol–water partition coefficient (Wildman–Crippen LogP) is 18.8. The zero-order valence-electron chi connectivity index (χ0n) is 45.4. The fourth-order valence-corrected chi connectivity index (χ4v) is 5.37. The molecule has 0 saturated carbocycles. The van der Waals surface area contributed by atoms with Gasteiger partial charge in [-0.3, -0.25) is 14.4 Å². The molecule has 2 aromatic rings. The number of ketones is 1. The Kier molecular flexibility index (Phi) is 59.2. The summed E-state index contributed by atoms with van der Waals surface area (Å²) in [5.41, 5.74) is 8.50. The van der Waals surface area contributed by atoms with Gasteiger partial charge in [0, 0.05) is 31.6 Å². The van der Waals surface area contributed by atoms with Crippen molar-refractivity contribution in [2.75, 3.05) is 13.2 Å². The van der Waals surface area contributed by atoms with Crippen molar-refractivity contribution in [2.45, 2.75) is 208 Å². The average molecular weight is 931 g/mol. The molecule has 1 N–H and O–H groups in total. The lowest BCUT2D eigenvalue weighted by molar-refractivity contribution is -0.136. The molecule has 2 aromatic carbocycles. The summed E-state index contributed by atoms with van der Waals surface area (Å²) in [6, 6.07) is 11.6. The number of halogens is 3. The van der Waals surface area contributed by atoms with Gasteiger partial charge in [-0.1, -0.05) is 169 Å². The van der Waals surface area contributed by atoms with Crippen LogP contribution in [0.25, 0.3) is 6.08 Å². The first-order chi connectivity index (χ1) is 31.4. The van der Waals surface area contributed by atoms with Crippen molar-refractivity contribution in [3.05, 3.63) is 123 Å². The Labute approximate surface area is 404 Å². The topological polar surface area (TPSA) is 80.7 Å². The van der Waals surface area contributed by atoms with E-state index in [0.717, 1.165) is 91.9 Å². The van der Waals surface area contributed by atoms with Crippen LogP contribution < -0.4 is 0 Å². The largest absolute Gasteiger partial charge is 0.481 e. The number of carboxylic acids is 1. The zero-order chi connectivity index (χ0) is 52.5. The minimum absolute atomic E-state index is 0.130. The Morgan fingerprint density at radius 2 is 1.33 bits per heavy atom. The van der Waals surface area contributed by atoms with Crippen LogP contribution >= 0.6 is 0 Å². The first kappa shape index (κ1) is 73.3. The molecular weight excluding hydrogens is 834 g/mol. The number of carbonyl (C=O) groups excluding carboxylic acids is 2. The van der Waals surface area contributed by atoms with Gasteiger partial charge >= 0.3 is 5.97 Å². The quantitative estimate of drug-likeness (QED) is 0.0379. The van der Waals surface area contributed by atoms with Crippen LogP contribution in [-0.2, 0) is 14.3 Å². The zero-order valence-corrected chi connectivity index (χ0v) is 45.4. The number of aliphatic carboxylic acids is 1. The van der Waals surface area contributed by atoms with Gasteiger partial charge in [-0.25, -0.2) is 13.2 Å². The summed E-state index contributed by atoms with van der Waals surface area (Å²) in [5.74, 6) is -0.805. The van der Waals surface area contributed by atoms with Gasteiger partial charge in [-0.2, -0.15) is 0 Å². The van der Waals surface area contributed by atoms with Gasteiger partial charge in [-0.15, -0.1) is 0 Å². The van der Waals surface area contributed by atoms with Crippen LogP contribution in [0.15, 0.2) is 89.1 Å². The lowest BCUT2D eigenvalue weighted by atomic mass is 9.90. The molecule has 0 spiro atoms. The van der Waals surface area contributed by atoms with Gasteiger partial charge in [0.2, 0.25) is 6.43 Å². The number of allylic oxidation sites excluding steroid dienone is 9. The van der Waals surface area contributed by atoms with Crippen molar-refractivity contribution < 1.29 is 37.4 Å². The number of carbonyl (C=O) groups is 3. The van der Waals surface area contributed by atoms with E-state index in [-0.39, 0.29) is 17.8 Å². The van der Waals surface area contributed by atoms with Crippen molar-refractivity contribution in [3.63, 3.8) is 0 Å². The number of hydrogen-bond acceptors (Lipinski definition) is 4. The number of aldehydes is 1. The van der Waals surface area contributed by atoms with E-state index >= 15 is 0 Å². The SMILES string of the molecule is C/C=C\C.CC.CC.CC(F)F.CCC(=O)O.CCC(=O)c1c(C)cc(C)cc1F.CCCCCOCCC.CC\C=C(C)/C(=C\C=C(\C)CCC)C(/C=O)=C/c1ccccc1C(C)CC. The van der Waals surface area contributed by atoms with E-state index in [1.54, 1.807) is 20.8 Å². The summed E-state index contributed by atoms with van der Waals surface area (Å²) in [5, 5.41) is 7.72. The van der Waals surface area contributed by atoms with Crippen LogP contribution in [-0.4, -0.2) is 42.8 Å². The molecule has 1 atom stereocenters. The molecule has 0 aromatic heterocycles. The fourth-order valence-electron chi connectivity index (χ4n) is 5.37. The van der Waals surface area contributed by atoms with E-state index in [1.165, 1.54) is 36.5 Å². The molecular formula is C58H97F3O5. The highest BCUT2D eigenvalue weighted by Gasteiger charge is 2.13. The number of Topliss-reactive ketones (excluding diaryl/α,β-unsaturated/α-hetero) is 1. The third-order valence-corrected chi connectivity index (χ3v) is 8.91. The molecule has 8 heteroatoms. The lowest BCUT2D eigenvalue weighted by Crippen LogP contribution is -2.04. The minimum Gasteiger partial charge on any atom is -0.481 e. The number of rotatable bonds is 19. The summed E-state index contributed by atoms with van der Waals surface area (Å²) in [6.45, 7) is 39.0. The van der Waals surface area contributed by atoms with Crippen molar-refractivity contribution in [1.82, 2.24) is 0 Å². The molecule has 0 bridgehead atoms. The molecule has 0 saturated heterocycles. The Morgan fingerprint density at radius 1 is 0.788 bits per heavy atom. The number of alkyl halides is 2. The summed E-state index contributed by atoms with van der Waals surface area (Å²) in [6.07, 6.45) is 21.1. The minimum atomic E-state index is -2.17. The monoisotopic (exact) mass is 931 g/mol. The number of benzene rings is 2. The fraction of sp³-hybridized carbons (Fsp3) is 0.569. The molecule has 0 aliphatic rings. The number of carboxylic acid groups (broad SMARTS) is 1. The molecule has 66 heavy (non-hydrogen) atoms. The van der Waals surface area contributed by atoms with Crippen LogP contribution in [0.5, 0.6) is 0 Å². The molecule has 5 nitrogen and oxygen atoms in total. The Balaban J connectivity index is -0.000000191. The normalized spacial score (nSPS) is 11.4.